The fourth-order valence-corrected chi connectivity index (χ4v) is 11.4. The summed E-state index contributed by atoms with van der Waals surface area (Å²) in [5.41, 5.74) is 16.5. The van der Waals surface area contributed by atoms with Crippen LogP contribution in [0.5, 0.6) is 0 Å². The minimum Gasteiger partial charge on any atom is -1.00 e. The van der Waals surface area contributed by atoms with Crippen LogP contribution in [0.15, 0.2) is 206 Å². The number of fused-ring (bicyclic) bond motifs is 6. The Kier molecular flexibility index (Phi) is 16.3. The molecular weight excluding hydrogens is 1030 g/mol. The smallest absolute Gasteiger partial charge is 0.0114 e. The summed E-state index contributed by atoms with van der Waals surface area (Å²) in [5, 5.41) is 15.8. The molecule has 0 spiro atoms. The number of rotatable bonds is 4. The van der Waals surface area contributed by atoms with E-state index in [9.17, 15) is 0 Å². The van der Waals surface area contributed by atoms with Gasteiger partial charge in [0, 0.05) is 0 Å². The molecule has 12 aromatic carbocycles. The predicted molar refractivity (Wildman–Crippen MR) is 315 cm³/mol. The van der Waals surface area contributed by atoms with Gasteiger partial charge in [0.15, 0.2) is 0 Å². The molecule has 0 fully saturated rings. The summed E-state index contributed by atoms with van der Waals surface area (Å²) in [6.07, 6.45) is 0. The van der Waals surface area contributed by atoms with Crippen LogP contribution in [0.2, 0.25) is 13.1 Å². The van der Waals surface area contributed by atoms with Crippen molar-refractivity contribution < 1.29 is 48.1 Å². The maximum atomic E-state index is 2.45. The summed E-state index contributed by atoms with van der Waals surface area (Å²) in [6, 6.07) is 75.8. The molecule has 12 rings (SSSR count). The van der Waals surface area contributed by atoms with Gasteiger partial charge < -0.3 is 24.8 Å². The second kappa shape index (κ2) is 22.2. The number of halogens is 2. The first kappa shape index (κ1) is 54.4. The summed E-state index contributed by atoms with van der Waals surface area (Å²) < 4.78 is 0. The molecule has 0 radical (unpaired) electrons. The van der Waals surface area contributed by atoms with Crippen LogP contribution in [-0.2, 0) is 34.2 Å². The predicted octanol–water partition coefficient (Wildman–Crippen LogP) is 14.4. The molecule has 0 aliphatic rings. The summed E-state index contributed by atoms with van der Waals surface area (Å²) in [6.45, 7) is 23.2. The Morgan fingerprint density at radius 1 is 0.324 bits per heavy atom. The van der Waals surface area contributed by atoms with Crippen molar-refractivity contribution in [3.63, 3.8) is 0 Å². The van der Waals surface area contributed by atoms with Crippen LogP contribution in [0.25, 0.3) is 109 Å². The van der Waals surface area contributed by atoms with Crippen molar-refractivity contribution in [2.24, 2.45) is 0 Å². The maximum Gasteiger partial charge on any atom is -0.0114 e. The van der Waals surface area contributed by atoms with Crippen molar-refractivity contribution in [2.45, 2.75) is 79.3 Å². The SMILES string of the molecule is C[Si](C)=[Zr+2].Cc1c(C(C)(C)C)[cH-]c2c(-c3cccc4ccccc34)ccc(-c3cccc4ccccc34)c12.Cc1c(C(C)(C)C)[cH-]c2c(-c3cccc4ccccc34)ccc(-c3cccc4ccccc34)c12.[Cl-].[Cl-]. The van der Waals surface area contributed by atoms with E-state index in [1.54, 1.807) is 23.3 Å². The van der Waals surface area contributed by atoms with E-state index >= 15 is 0 Å². The number of hydrogen-bond acceptors (Lipinski definition) is 0. The van der Waals surface area contributed by atoms with Gasteiger partial charge in [-0.05, 0) is 65.0 Å². The van der Waals surface area contributed by atoms with Crippen molar-refractivity contribution in [3.05, 3.63) is 229 Å². The second-order valence-electron chi connectivity index (χ2n) is 21.9. The van der Waals surface area contributed by atoms with Gasteiger partial charge in [0.25, 0.3) is 0 Å². The Balaban J connectivity index is 0.000000179. The molecule has 0 saturated heterocycles. The third kappa shape index (κ3) is 10.4. The van der Waals surface area contributed by atoms with E-state index in [2.05, 4.69) is 275 Å². The number of hydrogen-bond donors (Lipinski definition) is 0. The Morgan fingerprint density at radius 3 is 0.824 bits per heavy atom. The molecule has 0 nitrogen and oxygen atoms in total. The van der Waals surface area contributed by atoms with Crippen LogP contribution in [0.4, 0.5) is 0 Å². The molecule has 0 unspecified atom stereocenters. The van der Waals surface area contributed by atoms with Crippen LogP contribution in [0, 0.1) is 13.8 Å². The standard InChI is InChI=1S/2C34H29.C2H6Si.2ClH.Zr/c2*1-22-32(34(2,3)4)21-31-29(27-17-9-13-23-11-5-7-15-25(23)27)19-20-30(33(22)31)28-18-10-14-24-12-6-8-16-26(24)28;1-3-2;;;/h2*5-21H,1-4H3;1-2H3;2*1H;/q2*-1;;;;+2/p-2. The van der Waals surface area contributed by atoms with E-state index in [1.165, 1.54) is 131 Å². The van der Waals surface area contributed by atoms with E-state index < -0.39 is 0 Å². The molecule has 12 aromatic rings. The summed E-state index contributed by atoms with van der Waals surface area (Å²) in [5.74, 6) is 0. The molecule has 4 heteroatoms. The van der Waals surface area contributed by atoms with Gasteiger partial charge in [-0.15, -0.1) is 44.8 Å². The zero-order chi connectivity index (χ0) is 50.5. The second-order valence-corrected chi connectivity index (χ2v) is 31.2. The minimum atomic E-state index is 0. The van der Waals surface area contributed by atoms with Crippen LogP contribution < -0.4 is 24.8 Å². The Morgan fingerprint density at radius 2 is 0.554 bits per heavy atom. The Hall–Kier alpha value is -5.86. The summed E-state index contributed by atoms with van der Waals surface area (Å²) in [7, 11) is 0. The van der Waals surface area contributed by atoms with E-state index in [0.29, 0.717) is 0 Å². The Labute approximate surface area is 466 Å². The minimum absolute atomic E-state index is 0. The van der Waals surface area contributed by atoms with Gasteiger partial charge in [-0.1, -0.05) is 283 Å². The van der Waals surface area contributed by atoms with Crippen molar-refractivity contribution >= 4 is 70.1 Å². The first-order valence-corrected chi connectivity index (χ1v) is 31.7. The summed E-state index contributed by atoms with van der Waals surface area (Å²) >= 11 is 1.74. The third-order valence-corrected chi connectivity index (χ3v) is 14.6. The van der Waals surface area contributed by atoms with E-state index in [1.807, 2.05) is 0 Å². The molecule has 0 aromatic heterocycles. The molecule has 0 saturated carbocycles. The van der Waals surface area contributed by atoms with Crippen LogP contribution in [0.1, 0.15) is 63.8 Å². The molecule has 0 aliphatic carbocycles. The largest absolute Gasteiger partial charge is 1.00 e. The van der Waals surface area contributed by atoms with Gasteiger partial charge in [0.05, 0.1) is 0 Å². The fraction of sp³-hybridized carbons (Fsp3) is 0.171. The molecule has 0 aliphatic heterocycles. The zero-order valence-electron chi connectivity index (χ0n) is 44.4. The molecule has 368 valence electrons. The van der Waals surface area contributed by atoms with Gasteiger partial charge in [0.1, 0.15) is 0 Å². The van der Waals surface area contributed by atoms with Crippen molar-refractivity contribution in [3.8, 4) is 44.5 Å². The molecular formula is C70H64Cl2SiZr-2. The van der Waals surface area contributed by atoms with Gasteiger partial charge in [-0.2, -0.15) is 11.1 Å². The van der Waals surface area contributed by atoms with Crippen LogP contribution in [-0.4, -0.2) is 5.43 Å². The van der Waals surface area contributed by atoms with E-state index in [0.717, 1.165) is 0 Å². The fourth-order valence-electron chi connectivity index (χ4n) is 11.4. The normalized spacial score (nSPS) is 11.5. The monoisotopic (exact) mass is 1090 g/mol. The third-order valence-electron chi connectivity index (χ3n) is 14.6. The first-order valence-electron chi connectivity index (χ1n) is 25.5. The first-order chi connectivity index (χ1) is 34.6. The van der Waals surface area contributed by atoms with Gasteiger partial charge in [-0.3, -0.25) is 0 Å². The number of benzene rings is 10. The summed E-state index contributed by atoms with van der Waals surface area (Å²) in [4.78, 5) is 0. The molecule has 0 N–H and O–H groups in total. The maximum absolute atomic E-state index is 2.45. The van der Waals surface area contributed by atoms with Crippen LogP contribution >= 0.6 is 0 Å². The van der Waals surface area contributed by atoms with Crippen molar-refractivity contribution in [1.29, 1.82) is 0 Å². The van der Waals surface area contributed by atoms with Crippen molar-refractivity contribution in [1.82, 2.24) is 0 Å². The average Bonchev–Trinajstić information content (AvgIpc) is 3.93. The molecule has 0 atom stereocenters. The van der Waals surface area contributed by atoms with Crippen LogP contribution in [0.3, 0.4) is 0 Å². The quantitative estimate of drug-likeness (QED) is 0.122. The molecule has 0 heterocycles. The zero-order valence-corrected chi connectivity index (χ0v) is 49.4. The molecule has 0 amide bonds. The topological polar surface area (TPSA) is 0 Å². The molecule has 0 bridgehead atoms. The number of aryl methyl sites for hydroxylation is 2. The van der Waals surface area contributed by atoms with Gasteiger partial charge in [-0.25, -0.2) is 0 Å². The average molecular weight is 1100 g/mol. The Bertz CT molecular complexity index is 3740. The van der Waals surface area contributed by atoms with Gasteiger partial charge in [0.2, 0.25) is 0 Å². The van der Waals surface area contributed by atoms with E-state index in [-0.39, 0.29) is 41.1 Å². The molecule has 74 heavy (non-hydrogen) atoms. The van der Waals surface area contributed by atoms with E-state index in [4.69, 9.17) is 0 Å². The van der Waals surface area contributed by atoms with Crippen molar-refractivity contribution in [2.75, 3.05) is 0 Å². The van der Waals surface area contributed by atoms with Gasteiger partial charge >= 0.3 is 41.9 Å².